The van der Waals surface area contributed by atoms with Gasteiger partial charge in [0, 0.05) is 28.5 Å². The van der Waals surface area contributed by atoms with E-state index in [9.17, 15) is 0 Å². The van der Waals surface area contributed by atoms with Gasteiger partial charge >= 0.3 is 0 Å². The molecule has 3 rings (SSSR count). The van der Waals surface area contributed by atoms with E-state index in [2.05, 4.69) is 41.8 Å². The standard InChI is InChI=1S/C18H16N2/c1-13(14(2)19)18-17(15-8-4-3-5-9-15)12-16-10-6-7-11-20(16)18/h3-12H,1-2,19H2. The summed E-state index contributed by atoms with van der Waals surface area (Å²) in [6.45, 7) is 7.91. The van der Waals surface area contributed by atoms with Crippen molar-refractivity contribution in [1.82, 2.24) is 4.40 Å². The van der Waals surface area contributed by atoms with Crippen LogP contribution < -0.4 is 5.73 Å². The molecule has 0 aliphatic heterocycles. The molecule has 0 bridgehead atoms. The first-order valence-corrected chi connectivity index (χ1v) is 6.48. The van der Waals surface area contributed by atoms with Crippen LogP contribution in [0, 0.1) is 0 Å². The van der Waals surface area contributed by atoms with Crippen LogP contribution >= 0.6 is 0 Å². The number of nitrogens with zero attached hydrogens (tertiary/aromatic N) is 1. The molecule has 0 saturated heterocycles. The van der Waals surface area contributed by atoms with Crippen molar-refractivity contribution in [3.05, 3.63) is 85.3 Å². The van der Waals surface area contributed by atoms with E-state index in [0.717, 1.165) is 27.9 Å². The second-order valence-electron chi connectivity index (χ2n) is 4.77. The number of fused-ring (bicyclic) bond motifs is 1. The Morgan fingerprint density at radius 1 is 0.950 bits per heavy atom. The second kappa shape index (κ2) is 4.74. The van der Waals surface area contributed by atoms with Crippen LogP contribution in [0.1, 0.15) is 5.69 Å². The zero-order valence-electron chi connectivity index (χ0n) is 11.2. The Morgan fingerprint density at radius 2 is 1.65 bits per heavy atom. The molecule has 0 spiro atoms. The topological polar surface area (TPSA) is 30.4 Å². The normalized spacial score (nSPS) is 10.6. The van der Waals surface area contributed by atoms with Crippen molar-refractivity contribution in [3.63, 3.8) is 0 Å². The molecular weight excluding hydrogens is 244 g/mol. The van der Waals surface area contributed by atoms with Gasteiger partial charge in [-0.25, -0.2) is 0 Å². The van der Waals surface area contributed by atoms with Crippen molar-refractivity contribution in [3.8, 4) is 11.1 Å². The van der Waals surface area contributed by atoms with E-state index in [0.29, 0.717) is 5.70 Å². The quantitative estimate of drug-likeness (QED) is 0.706. The Kier molecular flexibility index (Phi) is 2.92. The maximum absolute atomic E-state index is 5.86. The highest BCUT2D eigenvalue weighted by Gasteiger charge is 2.14. The van der Waals surface area contributed by atoms with Gasteiger partial charge in [-0.2, -0.15) is 0 Å². The number of aromatic nitrogens is 1. The summed E-state index contributed by atoms with van der Waals surface area (Å²) in [5.74, 6) is 0. The smallest absolute Gasteiger partial charge is 0.0621 e. The summed E-state index contributed by atoms with van der Waals surface area (Å²) in [7, 11) is 0. The monoisotopic (exact) mass is 260 g/mol. The molecule has 2 N–H and O–H groups in total. The molecular formula is C18H16N2. The number of hydrogen-bond acceptors (Lipinski definition) is 1. The summed E-state index contributed by atoms with van der Waals surface area (Å²) in [6.07, 6.45) is 2.02. The van der Waals surface area contributed by atoms with Crippen molar-refractivity contribution in [1.29, 1.82) is 0 Å². The Bertz CT molecular complexity index is 795. The lowest BCUT2D eigenvalue weighted by Gasteiger charge is -2.09. The predicted molar refractivity (Wildman–Crippen MR) is 85.2 cm³/mol. The summed E-state index contributed by atoms with van der Waals surface area (Å²) in [6, 6.07) is 18.5. The van der Waals surface area contributed by atoms with Gasteiger partial charge in [-0.05, 0) is 23.8 Å². The number of benzene rings is 1. The maximum Gasteiger partial charge on any atom is 0.0621 e. The van der Waals surface area contributed by atoms with E-state index < -0.39 is 0 Å². The zero-order valence-corrected chi connectivity index (χ0v) is 11.2. The highest BCUT2D eigenvalue weighted by atomic mass is 14.9. The first kappa shape index (κ1) is 12.3. The summed E-state index contributed by atoms with van der Waals surface area (Å²) in [5.41, 5.74) is 11.5. The Morgan fingerprint density at radius 3 is 2.35 bits per heavy atom. The van der Waals surface area contributed by atoms with Gasteiger partial charge in [-0.3, -0.25) is 0 Å². The minimum Gasteiger partial charge on any atom is -0.399 e. The number of nitrogens with two attached hydrogens (primary N) is 1. The van der Waals surface area contributed by atoms with Crippen molar-refractivity contribution < 1.29 is 0 Å². The molecule has 0 amide bonds. The third-order valence-corrected chi connectivity index (χ3v) is 3.44. The fraction of sp³-hybridized carbons (Fsp3) is 0. The summed E-state index contributed by atoms with van der Waals surface area (Å²) >= 11 is 0. The van der Waals surface area contributed by atoms with Gasteiger partial charge in [0.15, 0.2) is 0 Å². The minimum atomic E-state index is 0.492. The maximum atomic E-state index is 5.86. The highest BCUT2D eigenvalue weighted by molar-refractivity contribution is 5.88. The lowest BCUT2D eigenvalue weighted by Crippen LogP contribution is -2.01. The lowest BCUT2D eigenvalue weighted by atomic mass is 10.0. The lowest BCUT2D eigenvalue weighted by molar-refractivity contribution is 1.16. The molecule has 0 aliphatic carbocycles. The average Bonchev–Trinajstić information content (AvgIpc) is 2.86. The molecule has 98 valence electrons. The molecule has 0 unspecified atom stereocenters. The Balaban J connectivity index is 2.34. The first-order chi connectivity index (χ1) is 9.68. The van der Waals surface area contributed by atoms with Crippen LogP contribution in [-0.4, -0.2) is 4.40 Å². The summed E-state index contributed by atoms with van der Waals surface area (Å²) < 4.78 is 2.10. The van der Waals surface area contributed by atoms with Crippen molar-refractivity contribution in [2.24, 2.45) is 5.73 Å². The van der Waals surface area contributed by atoms with Crippen molar-refractivity contribution in [2.75, 3.05) is 0 Å². The van der Waals surface area contributed by atoms with Crippen LogP contribution in [0.3, 0.4) is 0 Å². The van der Waals surface area contributed by atoms with Crippen LogP contribution in [0.2, 0.25) is 0 Å². The zero-order chi connectivity index (χ0) is 14.1. The third-order valence-electron chi connectivity index (χ3n) is 3.44. The Labute approximate surface area is 118 Å². The van der Waals surface area contributed by atoms with Crippen LogP contribution in [0.5, 0.6) is 0 Å². The molecule has 0 saturated carbocycles. The van der Waals surface area contributed by atoms with E-state index in [-0.39, 0.29) is 0 Å². The van der Waals surface area contributed by atoms with Crippen LogP contribution in [0.25, 0.3) is 22.2 Å². The van der Waals surface area contributed by atoms with Crippen LogP contribution in [0.15, 0.2) is 79.6 Å². The van der Waals surface area contributed by atoms with Crippen LogP contribution in [-0.2, 0) is 0 Å². The molecule has 20 heavy (non-hydrogen) atoms. The molecule has 0 atom stereocenters. The van der Waals surface area contributed by atoms with Gasteiger partial charge in [0.25, 0.3) is 0 Å². The molecule has 2 heterocycles. The fourth-order valence-corrected chi connectivity index (χ4v) is 2.42. The van der Waals surface area contributed by atoms with Gasteiger partial charge in [0.05, 0.1) is 5.69 Å². The highest BCUT2D eigenvalue weighted by Crippen LogP contribution is 2.33. The van der Waals surface area contributed by atoms with E-state index >= 15 is 0 Å². The number of rotatable bonds is 3. The average molecular weight is 260 g/mol. The van der Waals surface area contributed by atoms with Crippen molar-refractivity contribution in [2.45, 2.75) is 0 Å². The van der Waals surface area contributed by atoms with E-state index in [1.807, 2.05) is 36.5 Å². The van der Waals surface area contributed by atoms with Crippen LogP contribution in [0.4, 0.5) is 0 Å². The molecule has 1 aromatic carbocycles. The molecule has 0 aliphatic rings. The fourth-order valence-electron chi connectivity index (χ4n) is 2.42. The molecule has 3 aromatic rings. The minimum absolute atomic E-state index is 0.492. The summed E-state index contributed by atoms with van der Waals surface area (Å²) in [5, 5.41) is 0. The summed E-state index contributed by atoms with van der Waals surface area (Å²) in [4.78, 5) is 0. The van der Waals surface area contributed by atoms with Gasteiger partial charge in [-0.1, -0.05) is 49.6 Å². The van der Waals surface area contributed by atoms with Gasteiger partial charge in [-0.15, -0.1) is 0 Å². The SMILES string of the molecule is C=C(N)C(=C)c1c(-c2ccccc2)cc2ccccn12. The first-order valence-electron chi connectivity index (χ1n) is 6.48. The molecule has 0 radical (unpaired) electrons. The molecule has 2 nitrogen and oxygen atoms in total. The van der Waals surface area contributed by atoms with E-state index in [1.165, 1.54) is 0 Å². The van der Waals surface area contributed by atoms with Crippen molar-refractivity contribution >= 4 is 11.1 Å². The van der Waals surface area contributed by atoms with Gasteiger partial charge in [0.2, 0.25) is 0 Å². The number of allylic oxidation sites excluding steroid dienone is 1. The third kappa shape index (κ3) is 1.91. The predicted octanol–water partition coefficient (Wildman–Crippen LogP) is 4.09. The number of pyridine rings is 1. The largest absolute Gasteiger partial charge is 0.399 e. The van der Waals surface area contributed by atoms with Gasteiger partial charge < -0.3 is 10.1 Å². The number of hydrogen-bond donors (Lipinski definition) is 1. The molecule has 2 aromatic heterocycles. The van der Waals surface area contributed by atoms with E-state index in [4.69, 9.17) is 5.73 Å². The molecule has 0 fully saturated rings. The molecule has 2 heteroatoms. The van der Waals surface area contributed by atoms with Gasteiger partial charge in [0.1, 0.15) is 0 Å². The second-order valence-corrected chi connectivity index (χ2v) is 4.77. The van der Waals surface area contributed by atoms with E-state index in [1.54, 1.807) is 0 Å². The Hall–Kier alpha value is -2.74.